The highest BCUT2D eigenvalue weighted by atomic mass is 32.2. The van der Waals surface area contributed by atoms with Crippen LogP contribution in [0, 0.1) is 30.3 Å². The Morgan fingerprint density at radius 3 is 1.40 bits per heavy atom. The molecule has 35 heavy (non-hydrogen) atoms. The first-order chi connectivity index (χ1) is 16.3. The van der Waals surface area contributed by atoms with Crippen molar-refractivity contribution < 1.29 is 31.6 Å². The van der Waals surface area contributed by atoms with Crippen molar-refractivity contribution in [2.45, 2.75) is 9.79 Å². The highest BCUT2D eigenvalue weighted by Gasteiger charge is 2.24. The van der Waals surface area contributed by atoms with E-state index < -0.39 is 51.1 Å². The summed E-state index contributed by atoms with van der Waals surface area (Å²) in [5, 5.41) is 32.9. The van der Waals surface area contributed by atoms with Crippen LogP contribution in [0.15, 0.2) is 76.5 Å². The molecule has 0 unspecified atom stereocenters. The van der Waals surface area contributed by atoms with Gasteiger partial charge >= 0.3 is 0 Å². The molecule has 15 nitrogen and oxygen atoms in total. The molecule has 2 N–H and O–H groups in total. The van der Waals surface area contributed by atoms with Gasteiger partial charge in [0.2, 0.25) is 0 Å². The van der Waals surface area contributed by atoms with E-state index in [1.165, 1.54) is 0 Å². The van der Waals surface area contributed by atoms with Crippen molar-refractivity contribution >= 4 is 48.5 Å². The lowest BCUT2D eigenvalue weighted by atomic mass is 10.2. The number of nitrogens with zero attached hydrogens (tertiary/aromatic N) is 3. The number of nitro benzene ring substituents is 3. The Morgan fingerprint density at radius 1 is 0.571 bits per heavy atom. The van der Waals surface area contributed by atoms with E-state index in [0.717, 1.165) is 66.7 Å². The molecule has 0 heterocycles. The van der Waals surface area contributed by atoms with E-state index in [2.05, 4.69) is 4.72 Å². The third kappa shape index (κ3) is 5.65. The number of non-ortho nitro benzene ring substituents is 2. The first-order valence-corrected chi connectivity index (χ1v) is 12.1. The number of nitrogens with one attached hydrogen (secondary N) is 2. The van der Waals surface area contributed by atoms with Gasteiger partial charge in [-0.3, -0.25) is 39.8 Å². The van der Waals surface area contributed by atoms with E-state index in [1.54, 1.807) is 0 Å². The normalized spacial score (nSPS) is 11.4. The van der Waals surface area contributed by atoms with Gasteiger partial charge in [-0.1, -0.05) is 0 Å². The second-order valence-corrected chi connectivity index (χ2v) is 10.1. The summed E-state index contributed by atoms with van der Waals surface area (Å²) in [6.45, 7) is 0. The van der Waals surface area contributed by atoms with Gasteiger partial charge in [0.05, 0.1) is 30.2 Å². The van der Waals surface area contributed by atoms with Crippen molar-refractivity contribution in [3.63, 3.8) is 0 Å². The van der Waals surface area contributed by atoms with Crippen LogP contribution in [-0.4, -0.2) is 31.6 Å². The van der Waals surface area contributed by atoms with Gasteiger partial charge in [0.25, 0.3) is 37.1 Å². The minimum absolute atomic E-state index is 0.254. The molecular weight excluding hydrogens is 510 g/mol. The Bertz CT molecular complexity index is 1540. The summed E-state index contributed by atoms with van der Waals surface area (Å²) in [4.78, 5) is 29.7. The van der Waals surface area contributed by atoms with Crippen LogP contribution in [0.3, 0.4) is 0 Å². The molecule has 0 amide bonds. The summed E-state index contributed by atoms with van der Waals surface area (Å²) < 4.78 is 54.6. The van der Waals surface area contributed by atoms with Crippen LogP contribution in [0.5, 0.6) is 0 Å². The van der Waals surface area contributed by atoms with Gasteiger partial charge < -0.3 is 0 Å². The number of rotatable bonds is 9. The van der Waals surface area contributed by atoms with Gasteiger partial charge in [-0.15, -0.1) is 0 Å². The number of hydrogen-bond donors (Lipinski definition) is 2. The summed E-state index contributed by atoms with van der Waals surface area (Å²) in [7, 11) is -8.75. The SMILES string of the molecule is O=[N+]([O-])c1ccc(S(=O)(=O)Nc2ccc([N+](=O)[O-])c(NS(=O)(=O)c3ccc([N+](=O)[O-])cc3)c2)cc1. The van der Waals surface area contributed by atoms with E-state index in [4.69, 9.17) is 0 Å². The third-order valence-corrected chi connectivity index (χ3v) is 7.18. The molecule has 0 fully saturated rings. The summed E-state index contributed by atoms with van der Waals surface area (Å²) in [6.07, 6.45) is 0. The number of nitro groups is 3. The number of sulfonamides is 2. The van der Waals surface area contributed by atoms with E-state index in [1.807, 2.05) is 4.72 Å². The summed E-state index contributed by atoms with van der Waals surface area (Å²) in [5.41, 5.74) is -2.26. The monoisotopic (exact) mass is 523 g/mol. The second-order valence-electron chi connectivity index (χ2n) is 6.70. The molecule has 17 heteroatoms. The number of benzene rings is 3. The number of hydrogen-bond acceptors (Lipinski definition) is 10. The lowest BCUT2D eigenvalue weighted by molar-refractivity contribution is -0.385. The van der Waals surface area contributed by atoms with Crippen molar-refractivity contribution in [1.29, 1.82) is 0 Å². The van der Waals surface area contributed by atoms with Crippen molar-refractivity contribution in [3.8, 4) is 0 Å². The average molecular weight is 523 g/mol. The van der Waals surface area contributed by atoms with Crippen LogP contribution in [0.2, 0.25) is 0 Å². The molecule has 182 valence electrons. The summed E-state index contributed by atoms with van der Waals surface area (Å²) in [6, 6.07) is 10.3. The Labute approximate surface area is 196 Å². The molecule has 0 aliphatic carbocycles. The second kappa shape index (κ2) is 9.31. The van der Waals surface area contributed by atoms with Crippen LogP contribution < -0.4 is 9.44 Å². The largest absolute Gasteiger partial charge is 0.293 e. The molecule has 0 aliphatic heterocycles. The van der Waals surface area contributed by atoms with Crippen LogP contribution in [0.25, 0.3) is 0 Å². The van der Waals surface area contributed by atoms with E-state index in [9.17, 15) is 47.2 Å². The summed E-state index contributed by atoms with van der Waals surface area (Å²) in [5.74, 6) is 0. The first kappa shape index (κ1) is 25.0. The zero-order chi connectivity index (χ0) is 26.0. The van der Waals surface area contributed by atoms with Crippen LogP contribution in [0.4, 0.5) is 28.4 Å². The molecular formula is C18H13N5O10S2. The standard InChI is InChI=1S/C18H13N5O10S2/c24-21(25)13-2-6-15(7-3-13)34(30,31)19-12-1-10-18(23(28)29)17(11-12)20-35(32,33)16-8-4-14(5-9-16)22(26)27/h1-11,19-20H. The molecule has 0 bridgehead atoms. The highest BCUT2D eigenvalue weighted by Crippen LogP contribution is 2.31. The van der Waals surface area contributed by atoms with E-state index in [0.29, 0.717) is 0 Å². The Kier molecular flexibility index (Phi) is 6.65. The van der Waals surface area contributed by atoms with E-state index >= 15 is 0 Å². The van der Waals surface area contributed by atoms with Gasteiger partial charge in [0.1, 0.15) is 5.69 Å². The van der Waals surface area contributed by atoms with Gasteiger partial charge in [-0.2, -0.15) is 0 Å². The smallest absolute Gasteiger partial charge is 0.280 e. The summed E-state index contributed by atoms with van der Waals surface area (Å²) >= 11 is 0. The lowest BCUT2D eigenvalue weighted by Crippen LogP contribution is -2.16. The lowest BCUT2D eigenvalue weighted by Gasteiger charge is -2.12. The third-order valence-electron chi connectivity index (χ3n) is 4.41. The zero-order valence-electron chi connectivity index (χ0n) is 17.1. The zero-order valence-corrected chi connectivity index (χ0v) is 18.7. The fourth-order valence-corrected chi connectivity index (χ4v) is 4.87. The molecule has 3 aromatic rings. The maximum Gasteiger partial charge on any atom is 0.293 e. The topological polar surface area (TPSA) is 222 Å². The fourth-order valence-electron chi connectivity index (χ4n) is 2.75. The van der Waals surface area contributed by atoms with Crippen molar-refractivity contribution in [2.24, 2.45) is 0 Å². The molecule has 0 spiro atoms. The van der Waals surface area contributed by atoms with Crippen molar-refractivity contribution in [2.75, 3.05) is 9.44 Å². The molecule has 0 aliphatic rings. The van der Waals surface area contributed by atoms with Gasteiger partial charge in [0, 0.05) is 30.3 Å². The highest BCUT2D eigenvalue weighted by molar-refractivity contribution is 7.93. The first-order valence-electron chi connectivity index (χ1n) is 9.13. The minimum atomic E-state index is -4.46. The molecule has 0 radical (unpaired) electrons. The van der Waals surface area contributed by atoms with Gasteiger partial charge in [-0.25, -0.2) is 16.8 Å². The molecule has 0 aromatic heterocycles. The van der Waals surface area contributed by atoms with Crippen LogP contribution in [-0.2, 0) is 20.0 Å². The fraction of sp³-hybridized carbons (Fsp3) is 0. The molecule has 0 saturated carbocycles. The maximum absolute atomic E-state index is 12.7. The number of anilines is 2. The maximum atomic E-state index is 12.7. The Hall–Kier alpha value is -4.64. The van der Waals surface area contributed by atoms with E-state index in [-0.39, 0.29) is 22.0 Å². The minimum Gasteiger partial charge on any atom is -0.280 e. The molecule has 3 aromatic carbocycles. The van der Waals surface area contributed by atoms with Gasteiger partial charge in [-0.05, 0) is 36.4 Å². The Balaban J connectivity index is 1.94. The van der Waals surface area contributed by atoms with Crippen molar-refractivity contribution in [3.05, 3.63) is 97.1 Å². The molecule has 3 rings (SSSR count). The molecule has 0 saturated heterocycles. The average Bonchev–Trinajstić information content (AvgIpc) is 2.78. The Morgan fingerprint density at radius 2 is 1.00 bits per heavy atom. The van der Waals surface area contributed by atoms with Crippen molar-refractivity contribution in [1.82, 2.24) is 0 Å². The predicted octanol–water partition coefficient (Wildman–Crippen LogP) is 3.01. The molecule has 0 atom stereocenters. The van der Waals surface area contributed by atoms with Crippen LogP contribution in [0.1, 0.15) is 0 Å². The van der Waals surface area contributed by atoms with Crippen LogP contribution >= 0.6 is 0 Å². The van der Waals surface area contributed by atoms with Gasteiger partial charge in [0.15, 0.2) is 0 Å². The quantitative estimate of drug-likeness (QED) is 0.308. The predicted molar refractivity (Wildman–Crippen MR) is 121 cm³/mol.